The van der Waals surface area contributed by atoms with E-state index >= 15 is 0 Å². The molecule has 0 aliphatic heterocycles. The van der Waals surface area contributed by atoms with Crippen LogP contribution >= 0.6 is 0 Å². The monoisotopic (exact) mass is 443 g/mol. The number of rotatable bonds is 10. The molecule has 0 amide bonds. The van der Waals surface area contributed by atoms with Gasteiger partial charge in [-0.1, -0.05) is 12.1 Å². The molecular weight excluding hydrogens is 427 g/mol. The summed E-state index contributed by atoms with van der Waals surface area (Å²) in [6.07, 6.45) is -4.25. The molecule has 2 aromatic carbocycles. The zero-order valence-electron chi connectivity index (χ0n) is 15.7. The molecule has 0 aromatic heterocycles. The van der Waals surface area contributed by atoms with E-state index in [1.54, 1.807) is 6.07 Å². The van der Waals surface area contributed by atoms with Gasteiger partial charge in [-0.25, -0.2) is 0 Å². The first-order chi connectivity index (χ1) is 14.5. The molecule has 0 saturated heterocycles. The van der Waals surface area contributed by atoms with Gasteiger partial charge in [-0.15, -0.1) is 0 Å². The average Bonchev–Trinajstić information content (AvgIpc) is 2.69. The summed E-state index contributed by atoms with van der Waals surface area (Å²) in [6, 6.07) is 6.45. The lowest BCUT2D eigenvalue weighted by Gasteiger charge is -2.12. The van der Waals surface area contributed by atoms with Crippen molar-refractivity contribution in [1.82, 2.24) is 0 Å². The molecule has 2 aromatic rings. The molecule has 14 heteroatoms. The zero-order valence-corrected chi connectivity index (χ0v) is 15.7. The van der Waals surface area contributed by atoms with E-state index in [1.165, 1.54) is 18.2 Å². The third-order valence-electron chi connectivity index (χ3n) is 4.14. The van der Waals surface area contributed by atoms with Crippen molar-refractivity contribution >= 4 is 28.4 Å². The van der Waals surface area contributed by atoms with Crippen molar-refractivity contribution in [1.29, 1.82) is 0 Å². The summed E-state index contributed by atoms with van der Waals surface area (Å²) in [6.45, 7) is 0.287. The minimum Gasteiger partial charge on any atom is -0.379 e. The Kier molecular flexibility index (Phi) is 7.28. The fourth-order valence-electron chi connectivity index (χ4n) is 2.71. The van der Waals surface area contributed by atoms with Crippen molar-refractivity contribution in [2.24, 2.45) is 0 Å². The van der Waals surface area contributed by atoms with Gasteiger partial charge in [0.2, 0.25) is 0 Å². The number of nitrogens with one attached hydrogen (secondary N) is 2. The van der Waals surface area contributed by atoms with Gasteiger partial charge in [0.05, 0.1) is 20.3 Å². The van der Waals surface area contributed by atoms with Crippen LogP contribution in [0.25, 0.3) is 0 Å². The molecule has 2 rings (SSSR count). The van der Waals surface area contributed by atoms with E-state index in [4.69, 9.17) is 0 Å². The molecule has 0 spiro atoms. The number of nitro benzene ring substituents is 3. The summed E-state index contributed by atoms with van der Waals surface area (Å²) in [7, 11) is 0. The van der Waals surface area contributed by atoms with Crippen molar-refractivity contribution < 1.29 is 27.9 Å². The number of para-hydroxylation sites is 2. The second kappa shape index (κ2) is 9.69. The molecule has 166 valence electrons. The molecule has 11 nitrogen and oxygen atoms in total. The van der Waals surface area contributed by atoms with Gasteiger partial charge in [0.25, 0.3) is 17.1 Å². The number of anilines is 2. The lowest BCUT2D eigenvalue weighted by Crippen LogP contribution is -2.12. The predicted molar refractivity (Wildman–Crippen MR) is 104 cm³/mol. The molecule has 0 unspecified atom stereocenters. The Morgan fingerprint density at radius 1 is 0.774 bits per heavy atom. The lowest BCUT2D eigenvalue weighted by molar-refractivity contribution is -0.392. The SMILES string of the molecule is O=[N+]([O-])c1ccccc1NCCCCNc1c([N+](=O)[O-])cc(C(F)(F)F)cc1[N+](=O)[O-]. The van der Waals surface area contributed by atoms with E-state index in [9.17, 15) is 43.5 Å². The van der Waals surface area contributed by atoms with Gasteiger partial charge in [-0.2, -0.15) is 13.2 Å². The maximum Gasteiger partial charge on any atom is 0.416 e. The van der Waals surface area contributed by atoms with Crippen LogP contribution in [0.1, 0.15) is 18.4 Å². The molecule has 0 heterocycles. The Hall–Kier alpha value is -3.97. The predicted octanol–water partition coefficient (Wildman–Crippen LogP) is 4.73. The van der Waals surface area contributed by atoms with E-state index in [2.05, 4.69) is 10.6 Å². The van der Waals surface area contributed by atoms with Gasteiger partial charge in [0.1, 0.15) is 5.69 Å². The van der Waals surface area contributed by atoms with Gasteiger partial charge in [-0.05, 0) is 18.9 Å². The molecule has 0 fully saturated rings. The van der Waals surface area contributed by atoms with Crippen LogP contribution in [0.4, 0.5) is 41.6 Å². The Morgan fingerprint density at radius 2 is 1.26 bits per heavy atom. The second-order valence-electron chi connectivity index (χ2n) is 6.24. The summed E-state index contributed by atoms with van der Waals surface area (Å²) in [4.78, 5) is 30.5. The number of nitro groups is 3. The first kappa shape index (κ1) is 23.3. The number of hydrogen-bond donors (Lipinski definition) is 2. The van der Waals surface area contributed by atoms with Gasteiger partial charge in [-0.3, -0.25) is 30.3 Å². The first-order valence-corrected chi connectivity index (χ1v) is 8.77. The lowest BCUT2D eigenvalue weighted by atomic mass is 10.1. The number of hydrogen-bond acceptors (Lipinski definition) is 8. The Labute approximate surface area is 172 Å². The molecule has 31 heavy (non-hydrogen) atoms. The van der Waals surface area contributed by atoms with Crippen LogP contribution in [0.5, 0.6) is 0 Å². The fraction of sp³-hybridized carbons (Fsp3) is 0.294. The van der Waals surface area contributed by atoms with Crippen molar-refractivity contribution in [3.63, 3.8) is 0 Å². The van der Waals surface area contributed by atoms with Crippen molar-refractivity contribution in [2.45, 2.75) is 19.0 Å². The third kappa shape index (κ3) is 6.01. The van der Waals surface area contributed by atoms with Crippen LogP contribution in [0.15, 0.2) is 36.4 Å². The standard InChI is InChI=1S/C17H16F3N5O6/c18-17(19,20)11-9-14(24(28)29)16(15(10-11)25(30)31)22-8-4-3-7-21-12-5-1-2-6-13(12)23(26)27/h1-2,5-6,9-10,21-22H,3-4,7-8H2. The topological polar surface area (TPSA) is 153 Å². The highest BCUT2D eigenvalue weighted by Gasteiger charge is 2.37. The molecule has 2 N–H and O–H groups in total. The Bertz CT molecular complexity index is 963. The second-order valence-corrected chi connectivity index (χ2v) is 6.24. The molecular formula is C17H16F3N5O6. The average molecular weight is 443 g/mol. The maximum atomic E-state index is 12.9. The van der Waals surface area contributed by atoms with E-state index in [-0.39, 0.29) is 24.4 Å². The van der Waals surface area contributed by atoms with Gasteiger partial charge in [0, 0.05) is 31.3 Å². The molecule has 0 aliphatic carbocycles. The number of halogens is 3. The van der Waals surface area contributed by atoms with Crippen LogP contribution in [-0.4, -0.2) is 27.9 Å². The van der Waals surface area contributed by atoms with Crippen LogP contribution in [-0.2, 0) is 6.18 Å². The summed E-state index contributed by atoms with van der Waals surface area (Å²) in [5.74, 6) is 0. The van der Waals surface area contributed by atoms with Crippen molar-refractivity contribution in [2.75, 3.05) is 23.7 Å². The minimum absolute atomic E-state index is 0.00833. The van der Waals surface area contributed by atoms with Gasteiger partial charge >= 0.3 is 6.18 Å². The van der Waals surface area contributed by atoms with Crippen LogP contribution in [0.2, 0.25) is 0 Å². The van der Waals surface area contributed by atoms with E-state index < -0.39 is 43.6 Å². The normalized spacial score (nSPS) is 11.1. The minimum atomic E-state index is -4.99. The summed E-state index contributed by atoms with van der Waals surface area (Å²) in [5.41, 5.74) is -4.04. The quantitative estimate of drug-likeness (QED) is 0.303. The van der Waals surface area contributed by atoms with E-state index in [0.717, 1.165) is 0 Å². The zero-order chi connectivity index (χ0) is 23.2. The van der Waals surface area contributed by atoms with E-state index in [0.29, 0.717) is 25.1 Å². The smallest absolute Gasteiger partial charge is 0.379 e. The first-order valence-electron chi connectivity index (χ1n) is 8.77. The summed E-state index contributed by atoms with van der Waals surface area (Å²) < 4.78 is 38.7. The van der Waals surface area contributed by atoms with Gasteiger partial charge in [0.15, 0.2) is 5.69 Å². The fourth-order valence-corrected chi connectivity index (χ4v) is 2.71. The molecule has 0 atom stereocenters. The maximum absolute atomic E-state index is 12.9. The molecule has 0 bridgehead atoms. The Balaban J connectivity index is 2.04. The third-order valence-corrected chi connectivity index (χ3v) is 4.14. The van der Waals surface area contributed by atoms with Crippen molar-refractivity contribution in [3.05, 3.63) is 72.3 Å². The highest BCUT2D eigenvalue weighted by Crippen LogP contribution is 2.41. The molecule has 0 radical (unpaired) electrons. The summed E-state index contributed by atoms with van der Waals surface area (Å²) in [5, 5.41) is 38.6. The highest BCUT2D eigenvalue weighted by atomic mass is 19.4. The van der Waals surface area contributed by atoms with E-state index in [1.807, 2.05) is 0 Å². The Morgan fingerprint density at radius 3 is 1.74 bits per heavy atom. The number of alkyl halides is 3. The van der Waals surface area contributed by atoms with Crippen LogP contribution < -0.4 is 10.6 Å². The number of benzene rings is 2. The highest BCUT2D eigenvalue weighted by molar-refractivity contribution is 5.75. The summed E-state index contributed by atoms with van der Waals surface area (Å²) >= 11 is 0. The van der Waals surface area contributed by atoms with Crippen LogP contribution in [0.3, 0.4) is 0 Å². The van der Waals surface area contributed by atoms with Gasteiger partial charge < -0.3 is 10.6 Å². The largest absolute Gasteiger partial charge is 0.416 e. The molecule has 0 saturated carbocycles. The number of nitrogens with zero attached hydrogens (tertiary/aromatic N) is 3. The van der Waals surface area contributed by atoms with Crippen LogP contribution in [0, 0.1) is 30.3 Å². The molecule has 0 aliphatic rings. The number of unbranched alkanes of at least 4 members (excludes halogenated alkanes) is 1. The van der Waals surface area contributed by atoms with Crippen molar-refractivity contribution in [3.8, 4) is 0 Å².